The fourth-order valence-electron chi connectivity index (χ4n) is 3.09. The van der Waals surface area contributed by atoms with E-state index in [9.17, 15) is 14.9 Å². The van der Waals surface area contributed by atoms with Crippen molar-refractivity contribution in [3.63, 3.8) is 0 Å². The Hall–Kier alpha value is -3.54. The number of methoxy groups -OCH3 is 1. The summed E-state index contributed by atoms with van der Waals surface area (Å²) in [5, 5.41) is 10.0. The van der Waals surface area contributed by atoms with E-state index in [0.29, 0.717) is 37.9 Å². The Morgan fingerprint density at radius 3 is 2.71 bits per heavy atom. The van der Waals surface area contributed by atoms with Crippen LogP contribution in [0, 0.1) is 11.3 Å². The number of carbonyl (C=O) groups is 1. The predicted molar refractivity (Wildman–Crippen MR) is 116 cm³/mol. The molecule has 1 aromatic heterocycles. The van der Waals surface area contributed by atoms with Crippen LogP contribution in [0.2, 0.25) is 5.02 Å². The molecule has 156 valence electrons. The maximum atomic E-state index is 12.9. The molecule has 0 saturated carbocycles. The van der Waals surface area contributed by atoms with Gasteiger partial charge in [0, 0.05) is 12.6 Å². The molecule has 1 aliphatic rings. The van der Waals surface area contributed by atoms with Crippen LogP contribution in [0.1, 0.15) is 15.9 Å². The van der Waals surface area contributed by atoms with Gasteiger partial charge in [-0.3, -0.25) is 9.59 Å². The second-order valence-electron chi connectivity index (χ2n) is 6.56. The number of thiazole rings is 1. The maximum absolute atomic E-state index is 12.9. The zero-order valence-corrected chi connectivity index (χ0v) is 18.0. The summed E-state index contributed by atoms with van der Waals surface area (Å²) in [6.45, 7) is 0.0807. The Kier molecular flexibility index (Phi) is 5.55. The summed E-state index contributed by atoms with van der Waals surface area (Å²) in [4.78, 5) is 25.7. The number of ketones is 1. The first-order valence-corrected chi connectivity index (χ1v) is 10.2. The van der Waals surface area contributed by atoms with Crippen molar-refractivity contribution in [2.45, 2.75) is 0 Å². The van der Waals surface area contributed by atoms with E-state index < -0.39 is 5.78 Å². The number of fused-ring (bicyclic) bond motifs is 1. The SMILES string of the molecule is COc1ccc(C(=O)/C(C#N)=c2\s/c(=C\c3cc(Cl)c4c(c3)OCO4)c(=O)n2C)cc1. The van der Waals surface area contributed by atoms with Crippen LogP contribution in [0.5, 0.6) is 17.2 Å². The number of ether oxygens (including phenoxy) is 3. The van der Waals surface area contributed by atoms with Crippen LogP contribution in [0.4, 0.5) is 0 Å². The molecule has 9 heteroatoms. The molecule has 2 aromatic carbocycles. The first kappa shape index (κ1) is 20.7. The number of nitriles is 1. The number of nitrogens with zero attached hydrogens (tertiary/aromatic N) is 2. The Morgan fingerprint density at radius 2 is 2.03 bits per heavy atom. The Balaban J connectivity index is 1.84. The lowest BCUT2D eigenvalue weighted by Crippen LogP contribution is -2.30. The molecular formula is C22H15ClN2O5S. The minimum atomic E-state index is -0.473. The third-order valence-electron chi connectivity index (χ3n) is 4.68. The number of hydrogen-bond acceptors (Lipinski definition) is 7. The van der Waals surface area contributed by atoms with Crippen molar-refractivity contribution in [1.82, 2.24) is 4.57 Å². The van der Waals surface area contributed by atoms with Crippen LogP contribution < -0.4 is 29.0 Å². The molecule has 0 aliphatic carbocycles. The molecule has 0 N–H and O–H groups in total. The van der Waals surface area contributed by atoms with Crippen LogP contribution in [-0.4, -0.2) is 24.3 Å². The normalized spacial score (nSPS) is 13.7. The molecule has 31 heavy (non-hydrogen) atoms. The largest absolute Gasteiger partial charge is 0.497 e. The van der Waals surface area contributed by atoms with E-state index in [0.717, 1.165) is 11.3 Å². The van der Waals surface area contributed by atoms with Crippen molar-refractivity contribution in [1.29, 1.82) is 5.26 Å². The first-order chi connectivity index (χ1) is 14.9. The Morgan fingerprint density at radius 1 is 1.29 bits per heavy atom. The topological polar surface area (TPSA) is 90.6 Å². The molecule has 0 fully saturated rings. The molecule has 1 aliphatic heterocycles. The van der Waals surface area contributed by atoms with Gasteiger partial charge in [0.25, 0.3) is 5.56 Å². The lowest BCUT2D eigenvalue weighted by molar-refractivity contribution is 0.105. The number of rotatable bonds is 4. The standard InChI is InChI=1S/C22H15ClN2O5S/c1-25-21(27)18(9-12-7-16(23)20-17(8-12)29-11-30-20)31-22(25)15(10-24)19(26)13-3-5-14(28-2)6-4-13/h3-9H,11H2,1-2H3/b18-9-,22-15-. The van der Waals surface area contributed by atoms with Gasteiger partial charge in [-0.15, -0.1) is 11.3 Å². The van der Waals surface area contributed by atoms with E-state index in [2.05, 4.69) is 0 Å². The van der Waals surface area contributed by atoms with Crippen molar-refractivity contribution < 1.29 is 19.0 Å². The van der Waals surface area contributed by atoms with E-state index in [-0.39, 0.29) is 22.6 Å². The van der Waals surface area contributed by atoms with Crippen molar-refractivity contribution in [2.24, 2.45) is 7.05 Å². The van der Waals surface area contributed by atoms with E-state index in [4.69, 9.17) is 25.8 Å². The molecule has 0 bridgehead atoms. The monoisotopic (exact) mass is 454 g/mol. The lowest BCUT2D eigenvalue weighted by atomic mass is 10.1. The third kappa shape index (κ3) is 3.81. The quantitative estimate of drug-likeness (QED) is 0.561. The van der Waals surface area contributed by atoms with Crippen molar-refractivity contribution in [2.75, 3.05) is 13.9 Å². The minimum Gasteiger partial charge on any atom is -0.497 e. The predicted octanol–water partition coefficient (Wildman–Crippen LogP) is 2.22. The molecule has 0 radical (unpaired) electrons. The maximum Gasteiger partial charge on any atom is 0.268 e. The molecule has 3 aromatic rings. The average Bonchev–Trinajstić information content (AvgIpc) is 3.35. The first-order valence-electron chi connectivity index (χ1n) is 9.02. The summed E-state index contributed by atoms with van der Waals surface area (Å²) >= 11 is 7.27. The highest BCUT2D eigenvalue weighted by Crippen LogP contribution is 2.39. The Bertz CT molecular complexity index is 1410. The van der Waals surface area contributed by atoms with Gasteiger partial charge >= 0.3 is 0 Å². The number of Topliss-reactive ketones (excluding diaryl/α,β-unsaturated/α-hetero) is 1. The summed E-state index contributed by atoms with van der Waals surface area (Å²) in [6.07, 6.45) is 1.64. The van der Waals surface area contributed by atoms with Gasteiger partial charge in [-0.05, 0) is 48.0 Å². The van der Waals surface area contributed by atoms with Gasteiger partial charge in [-0.2, -0.15) is 5.26 Å². The number of aromatic nitrogens is 1. The summed E-state index contributed by atoms with van der Waals surface area (Å²) in [5.74, 6) is 1.08. The molecule has 0 atom stereocenters. The number of hydrogen-bond donors (Lipinski definition) is 0. The van der Waals surface area contributed by atoms with E-state index >= 15 is 0 Å². The second kappa shape index (κ2) is 8.30. The van der Waals surface area contributed by atoms with Crippen LogP contribution in [-0.2, 0) is 7.05 Å². The van der Waals surface area contributed by atoms with Crippen molar-refractivity contribution >= 4 is 40.4 Å². The molecule has 7 nitrogen and oxygen atoms in total. The van der Waals surface area contributed by atoms with Gasteiger partial charge in [0.2, 0.25) is 12.6 Å². The molecule has 0 unspecified atom stereocenters. The smallest absolute Gasteiger partial charge is 0.268 e. The Labute approximate surface area is 185 Å². The summed E-state index contributed by atoms with van der Waals surface area (Å²) in [5.41, 5.74) is 0.522. The van der Waals surface area contributed by atoms with Gasteiger partial charge in [-0.1, -0.05) is 11.6 Å². The van der Waals surface area contributed by atoms with E-state index in [1.807, 2.05) is 6.07 Å². The van der Waals surface area contributed by atoms with E-state index in [1.54, 1.807) is 42.5 Å². The number of carbonyl (C=O) groups excluding carboxylic acids is 1. The molecular weight excluding hydrogens is 440 g/mol. The van der Waals surface area contributed by atoms with Crippen molar-refractivity contribution in [3.8, 4) is 23.3 Å². The van der Waals surface area contributed by atoms with Gasteiger partial charge in [0.05, 0.1) is 16.7 Å². The second-order valence-corrected chi connectivity index (χ2v) is 8.00. The van der Waals surface area contributed by atoms with Gasteiger partial charge in [-0.25, -0.2) is 0 Å². The van der Waals surface area contributed by atoms with Crippen LogP contribution in [0.3, 0.4) is 0 Å². The highest BCUT2D eigenvalue weighted by atomic mass is 35.5. The van der Waals surface area contributed by atoms with Gasteiger partial charge in [0.15, 0.2) is 11.5 Å². The zero-order valence-electron chi connectivity index (χ0n) is 16.5. The van der Waals surface area contributed by atoms with Crippen LogP contribution >= 0.6 is 22.9 Å². The lowest BCUT2D eigenvalue weighted by Gasteiger charge is -2.02. The number of halogens is 1. The minimum absolute atomic E-state index is 0.0807. The molecule has 0 amide bonds. The summed E-state index contributed by atoms with van der Waals surface area (Å²) in [6, 6.07) is 11.7. The fourth-order valence-corrected chi connectivity index (χ4v) is 4.45. The third-order valence-corrected chi connectivity index (χ3v) is 6.14. The average molecular weight is 455 g/mol. The van der Waals surface area contributed by atoms with Crippen LogP contribution in [0.25, 0.3) is 11.6 Å². The van der Waals surface area contributed by atoms with Crippen molar-refractivity contribution in [3.05, 3.63) is 72.1 Å². The molecule has 2 heterocycles. The highest BCUT2D eigenvalue weighted by molar-refractivity contribution is 7.07. The zero-order chi connectivity index (χ0) is 22.1. The highest BCUT2D eigenvalue weighted by Gasteiger charge is 2.19. The fraction of sp³-hybridized carbons (Fsp3) is 0.136. The number of benzene rings is 2. The summed E-state index contributed by atoms with van der Waals surface area (Å²) in [7, 11) is 3.05. The molecule has 0 saturated heterocycles. The van der Waals surface area contributed by atoms with Gasteiger partial charge in [0.1, 0.15) is 22.1 Å². The molecule has 0 spiro atoms. The van der Waals surface area contributed by atoms with Crippen LogP contribution in [0.15, 0.2) is 41.2 Å². The molecule has 4 rings (SSSR count). The van der Waals surface area contributed by atoms with Gasteiger partial charge < -0.3 is 18.8 Å². The van der Waals surface area contributed by atoms with E-state index in [1.165, 1.54) is 18.7 Å². The summed E-state index contributed by atoms with van der Waals surface area (Å²) < 4.78 is 17.7.